The van der Waals surface area contributed by atoms with Crippen LogP contribution in [0.25, 0.3) is 10.9 Å². The molecule has 1 unspecified atom stereocenters. The average molecular weight is 509 g/mol. The van der Waals surface area contributed by atoms with Crippen molar-refractivity contribution >= 4 is 22.8 Å². The van der Waals surface area contributed by atoms with Crippen molar-refractivity contribution in [1.29, 1.82) is 0 Å². The molecule has 0 saturated heterocycles. The lowest BCUT2D eigenvalue weighted by molar-refractivity contribution is -0.140. The summed E-state index contributed by atoms with van der Waals surface area (Å²) in [5.74, 6) is -0.404. The zero-order valence-corrected chi connectivity index (χ0v) is 22.8. The maximum absolute atomic E-state index is 13.2. The van der Waals surface area contributed by atoms with Gasteiger partial charge in [0.2, 0.25) is 0 Å². The number of aryl methyl sites for hydroxylation is 1. The van der Waals surface area contributed by atoms with Crippen molar-refractivity contribution in [3.63, 3.8) is 0 Å². The van der Waals surface area contributed by atoms with E-state index < -0.39 is 11.4 Å². The Labute approximate surface area is 224 Å². The van der Waals surface area contributed by atoms with Crippen molar-refractivity contribution in [2.45, 2.75) is 71.4 Å². The van der Waals surface area contributed by atoms with Gasteiger partial charge in [-0.05, 0) is 85.5 Å². The van der Waals surface area contributed by atoms with Gasteiger partial charge in [0.1, 0.15) is 0 Å². The number of hydrogen-bond acceptors (Lipinski definition) is 2. The monoisotopic (exact) mass is 508 g/mol. The molecule has 0 bridgehead atoms. The molecule has 0 aliphatic heterocycles. The van der Waals surface area contributed by atoms with Crippen LogP contribution in [0.3, 0.4) is 0 Å². The molecule has 2 N–H and O–H groups in total. The van der Waals surface area contributed by atoms with Gasteiger partial charge in [0.05, 0.1) is 11.5 Å². The highest BCUT2D eigenvalue weighted by Crippen LogP contribution is 2.49. The third-order valence-electron chi connectivity index (χ3n) is 8.35. The minimum atomic E-state index is -0.751. The van der Waals surface area contributed by atoms with Crippen molar-refractivity contribution in [3.8, 4) is 0 Å². The number of benzene rings is 3. The lowest BCUT2D eigenvalue weighted by atomic mass is 9.91. The second kappa shape index (κ2) is 9.79. The molecule has 1 atom stereocenters. The fraction of sp³-hybridized carbons (Fsp3) is 0.333. The van der Waals surface area contributed by atoms with E-state index in [0.29, 0.717) is 30.9 Å². The highest BCUT2D eigenvalue weighted by atomic mass is 16.4. The van der Waals surface area contributed by atoms with Crippen molar-refractivity contribution < 1.29 is 14.7 Å². The molecular formula is C33H36N2O3. The van der Waals surface area contributed by atoms with Gasteiger partial charge in [-0.1, -0.05) is 62.4 Å². The Balaban J connectivity index is 1.43. The van der Waals surface area contributed by atoms with E-state index in [0.717, 1.165) is 38.9 Å². The van der Waals surface area contributed by atoms with E-state index in [4.69, 9.17) is 0 Å². The number of rotatable bonds is 8. The number of fused-ring (bicyclic) bond motifs is 1. The van der Waals surface area contributed by atoms with E-state index in [1.165, 1.54) is 5.56 Å². The van der Waals surface area contributed by atoms with E-state index in [-0.39, 0.29) is 11.9 Å². The Morgan fingerprint density at radius 3 is 2.34 bits per heavy atom. The number of carbonyl (C=O) groups excluding carboxylic acids is 1. The largest absolute Gasteiger partial charge is 0.481 e. The number of nitrogens with one attached hydrogen (secondary N) is 1. The number of carboxylic acids is 1. The van der Waals surface area contributed by atoms with Crippen LogP contribution >= 0.6 is 0 Å². The summed E-state index contributed by atoms with van der Waals surface area (Å²) in [7, 11) is 0. The molecule has 5 nitrogen and oxygen atoms in total. The van der Waals surface area contributed by atoms with Crippen LogP contribution in [-0.2, 0) is 16.8 Å². The van der Waals surface area contributed by atoms with E-state index in [1.54, 1.807) is 0 Å². The summed E-state index contributed by atoms with van der Waals surface area (Å²) in [6.07, 6.45) is 1.37. The summed E-state index contributed by atoms with van der Waals surface area (Å²) in [5.41, 5.74) is 7.48. The lowest BCUT2D eigenvalue weighted by Gasteiger charge is -2.18. The Bertz CT molecular complexity index is 1540. The molecule has 1 heterocycles. The number of nitrogens with zero attached hydrogens (tertiary/aromatic N) is 1. The van der Waals surface area contributed by atoms with Crippen LogP contribution in [0.15, 0.2) is 66.7 Å². The summed E-state index contributed by atoms with van der Waals surface area (Å²) < 4.78 is 2.24. The first-order chi connectivity index (χ1) is 18.1. The smallest absolute Gasteiger partial charge is 0.314 e. The van der Waals surface area contributed by atoms with Crippen molar-refractivity contribution in [3.05, 3.63) is 106 Å². The zero-order chi connectivity index (χ0) is 27.2. The van der Waals surface area contributed by atoms with Gasteiger partial charge in [-0.2, -0.15) is 0 Å². The summed E-state index contributed by atoms with van der Waals surface area (Å²) in [6, 6.07) is 22.1. The first kappa shape index (κ1) is 25.8. The van der Waals surface area contributed by atoms with Crippen LogP contribution in [0.4, 0.5) is 0 Å². The van der Waals surface area contributed by atoms with Gasteiger partial charge in [-0.25, -0.2) is 0 Å². The van der Waals surface area contributed by atoms with Crippen LogP contribution < -0.4 is 5.32 Å². The maximum atomic E-state index is 13.2. The number of carboxylic acid groups (broad SMARTS) is 1. The second-order valence-corrected chi connectivity index (χ2v) is 11.1. The summed E-state index contributed by atoms with van der Waals surface area (Å²) >= 11 is 0. The fourth-order valence-corrected chi connectivity index (χ4v) is 5.56. The third-order valence-corrected chi connectivity index (χ3v) is 8.35. The number of amides is 1. The van der Waals surface area contributed by atoms with Gasteiger partial charge in [-0.15, -0.1) is 0 Å². The third kappa shape index (κ3) is 4.51. The summed E-state index contributed by atoms with van der Waals surface area (Å²) in [5, 5.41) is 14.1. The second-order valence-electron chi connectivity index (χ2n) is 11.1. The van der Waals surface area contributed by atoms with Crippen LogP contribution in [0.1, 0.15) is 89.4 Å². The molecular weight excluding hydrogens is 472 g/mol. The van der Waals surface area contributed by atoms with Gasteiger partial charge >= 0.3 is 5.97 Å². The summed E-state index contributed by atoms with van der Waals surface area (Å²) in [6.45, 7) is 11.1. The average Bonchev–Trinajstić information content (AvgIpc) is 3.69. The Morgan fingerprint density at radius 2 is 1.66 bits per heavy atom. The van der Waals surface area contributed by atoms with Crippen molar-refractivity contribution in [2.75, 3.05) is 0 Å². The standard InChI is InChI=1S/C33H36N2O3/c1-20(2)24-10-8-11-25(17-24)22(4)34-31(36)26-13-14-30-28(18-26)21(3)23(5)35(30)19-27-9-6-7-12-29(27)33(15-16-33)32(37)38/h6-14,17-18,20,22H,15-16,19H2,1-5H3,(H,34,36)(H,37,38). The predicted octanol–water partition coefficient (Wildman–Crippen LogP) is 7.04. The van der Waals surface area contributed by atoms with Gasteiger partial charge in [-0.3, -0.25) is 9.59 Å². The molecule has 38 heavy (non-hydrogen) atoms. The topological polar surface area (TPSA) is 71.3 Å². The highest BCUT2D eigenvalue weighted by molar-refractivity contribution is 5.99. The molecule has 3 aromatic carbocycles. The van der Waals surface area contributed by atoms with E-state index in [9.17, 15) is 14.7 Å². The first-order valence-electron chi connectivity index (χ1n) is 13.4. The molecule has 196 valence electrons. The molecule has 1 fully saturated rings. The lowest BCUT2D eigenvalue weighted by Crippen LogP contribution is -2.26. The van der Waals surface area contributed by atoms with Gasteiger partial charge in [0.15, 0.2) is 0 Å². The van der Waals surface area contributed by atoms with Crippen LogP contribution in [0.2, 0.25) is 0 Å². The van der Waals surface area contributed by atoms with Gasteiger partial charge < -0.3 is 15.0 Å². The van der Waals surface area contributed by atoms with E-state index >= 15 is 0 Å². The highest BCUT2D eigenvalue weighted by Gasteiger charge is 2.52. The van der Waals surface area contributed by atoms with Crippen molar-refractivity contribution in [1.82, 2.24) is 9.88 Å². The molecule has 1 aliphatic rings. The molecule has 0 radical (unpaired) electrons. The van der Waals surface area contributed by atoms with Crippen LogP contribution in [0.5, 0.6) is 0 Å². The molecule has 1 saturated carbocycles. The predicted molar refractivity (Wildman–Crippen MR) is 152 cm³/mol. The number of carbonyl (C=O) groups is 2. The van der Waals surface area contributed by atoms with E-state index in [1.807, 2.05) is 55.5 Å². The number of aromatic nitrogens is 1. The zero-order valence-electron chi connectivity index (χ0n) is 22.8. The van der Waals surface area contributed by atoms with Gasteiger partial charge in [0.25, 0.3) is 5.91 Å². The van der Waals surface area contributed by atoms with E-state index in [2.05, 4.69) is 55.8 Å². The molecule has 5 heteroatoms. The Kier molecular flexibility index (Phi) is 6.64. The van der Waals surface area contributed by atoms with Crippen LogP contribution in [-0.4, -0.2) is 21.6 Å². The number of hydrogen-bond donors (Lipinski definition) is 2. The molecule has 4 aromatic rings. The maximum Gasteiger partial charge on any atom is 0.314 e. The summed E-state index contributed by atoms with van der Waals surface area (Å²) in [4.78, 5) is 25.3. The quantitative estimate of drug-likeness (QED) is 0.268. The SMILES string of the molecule is Cc1c(C)n(Cc2ccccc2C2(C(=O)O)CC2)c2ccc(C(=O)NC(C)c3cccc(C(C)C)c3)cc12. The first-order valence-corrected chi connectivity index (χ1v) is 13.4. The normalized spacial score (nSPS) is 15.0. The van der Waals surface area contributed by atoms with Gasteiger partial charge in [0, 0.05) is 28.7 Å². The fourth-order valence-electron chi connectivity index (χ4n) is 5.56. The minimum Gasteiger partial charge on any atom is -0.481 e. The molecule has 1 amide bonds. The van der Waals surface area contributed by atoms with Crippen LogP contribution in [0, 0.1) is 13.8 Å². The molecule has 5 rings (SSSR count). The minimum absolute atomic E-state index is 0.0957. The molecule has 0 spiro atoms. The Hall–Kier alpha value is -3.86. The van der Waals surface area contributed by atoms with Crippen molar-refractivity contribution in [2.24, 2.45) is 0 Å². The molecule has 1 aliphatic carbocycles. The molecule has 1 aromatic heterocycles. The number of aliphatic carboxylic acids is 1. The Morgan fingerprint density at radius 1 is 0.947 bits per heavy atom.